The van der Waals surface area contributed by atoms with Crippen LogP contribution >= 0.6 is 11.3 Å². The summed E-state index contributed by atoms with van der Waals surface area (Å²) < 4.78 is 37.3. The van der Waals surface area contributed by atoms with Gasteiger partial charge < -0.3 is 5.32 Å². The van der Waals surface area contributed by atoms with Gasteiger partial charge in [0.2, 0.25) is 10.1 Å². The van der Waals surface area contributed by atoms with Gasteiger partial charge in [0.25, 0.3) is 0 Å². The Morgan fingerprint density at radius 1 is 1.20 bits per heavy atom. The average Bonchev–Trinajstić information content (AvgIpc) is 2.87. The van der Waals surface area contributed by atoms with Crippen LogP contribution in [0.25, 0.3) is 0 Å². The highest BCUT2D eigenvalue weighted by atomic mass is 32.1. The second-order valence-corrected chi connectivity index (χ2v) is 5.35. The molecule has 2 aromatic rings. The number of benzene rings is 1. The van der Waals surface area contributed by atoms with Crippen molar-refractivity contribution in [3.8, 4) is 0 Å². The van der Waals surface area contributed by atoms with Crippen LogP contribution in [0.3, 0.4) is 0 Å². The van der Waals surface area contributed by atoms with Crippen molar-refractivity contribution in [2.75, 3.05) is 5.32 Å². The molecule has 0 spiro atoms. The molecule has 1 aromatic carbocycles. The molecule has 1 unspecified atom stereocenters. The van der Waals surface area contributed by atoms with Crippen LogP contribution in [0.4, 0.5) is 18.3 Å². The molecule has 108 valence electrons. The summed E-state index contributed by atoms with van der Waals surface area (Å²) in [5.41, 5.74) is 2.21. The number of rotatable bonds is 4. The molecule has 7 heteroatoms. The Morgan fingerprint density at radius 2 is 1.85 bits per heavy atom. The standard InChI is InChI=1S/C13H14F3N3S/c1-3-9-4-6-10(7-5-9)8(2)17-12-19-18-11(20-12)13(14,15)16/h4-8H,3H2,1-2H3,(H,17,19). The normalized spacial score (nSPS) is 13.2. The molecule has 3 nitrogen and oxygen atoms in total. The fourth-order valence-electron chi connectivity index (χ4n) is 1.71. The molecule has 2 rings (SSSR count). The molecule has 0 fully saturated rings. The van der Waals surface area contributed by atoms with E-state index < -0.39 is 11.2 Å². The highest BCUT2D eigenvalue weighted by Crippen LogP contribution is 2.34. The minimum atomic E-state index is -4.44. The van der Waals surface area contributed by atoms with E-state index in [9.17, 15) is 13.2 Å². The molecule has 0 radical (unpaired) electrons. The quantitative estimate of drug-likeness (QED) is 0.915. The SMILES string of the molecule is CCc1ccc(C(C)Nc2nnc(C(F)(F)F)s2)cc1. The smallest absolute Gasteiger partial charge is 0.354 e. The molecule has 0 saturated carbocycles. The van der Waals surface area contributed by atoms with Crippen LogP contribution in [-0.4, -0.2) is 10.2 Å². The lowest BCUT2D eigenvalue weighted by Crippen LogP contribution is -2.06. The van der Waals surface area contributed by atoms with Gasteiger partial charge in [0, 0.05) is 0 Å². The summed E-state index contributed by atoms with van der Waals surface area (Å²) in [7, 11) is 0. The first kappa shape index (κ1) is 14.8. The zero-order valence-corrected chi connectivity index (χ0v) is 11.8. The van der Waals surface area contributed by atoms with E-state index in [-0.39, 0.29) is 11.2 Å². The van der Waals surface area contributed by atoms with E-state index in [1.54, 1.807) is 0 Å². The summed E-state index contributed by atoms with van der Waals surface area (Å²) >= 11 is 0.512. The maximum absolute atomic E-state index is 12.4. The van der Waals surface area contributed by atoms with Crippen LogP contribution in [0.5, 0.6) is 0 Å². The first-order valence-corrected chi connectivity index (χ1v) is 6.98. The average molecular weight is 301 g/mol. The van der Waals surface area contributed by atoms with Gasteiger partial charge in [-0.15, -0.1) is 10.2 Å². The predicted octanol–water partition coefficient (Wildman–Crippen LogP) is 4.29. The van der Waals surface area contributed by atoms with Gasteiger partial charge in [-0.05, 0) is 24.5 Å². The van der Waals surface area contributed by atoms with Crippen molar-refractivity contribution in [1.82, 2.24) is 10.2 Å². The van der Waals surface area contributed by atoms with Gasteiger partial charge in [-0.1, -0.05) is 42.5 Å². The van der Waals surface area contributed by atoms with Gasteiger partial charge in [0.05, 0.1) is 6.04 Å². The largest absolute Gasteiger partial charge is 0.445 e. The lowest BCUT2D eigenvalue weighted by atomic mass is 10.1. The minimum absolute atomic E-state index is 0.130. The lowest BCUT2D eigenvalue weighted by Gasteiger charge is -2.13. The molecular formula is C13H14F3N3S. The Hall–Kier alpha value is -1.63. The van der Waals surface area contributed by atoms with E-state index in [2.05, 4.69) is 22.4 Å². The molecule has 0 aliphatic heterocycles. The first-order valence-electron chi connectivity index (χ1n) is 6.16. The molecule has 0 aliphatic rings. The van der Waals surface area contributed by atoms with Crippen LogP contribution < -0.4 is 5.32 Å². The molecule has 1 aromatic heterocycles. The van der Waals surface area contributed by atoms with Crippen molar-refractivity contribution < 1.29 is 13.2 Å². The number of hydrogen-bond acceptors (Lipinski definition) is 4. The summed E-state index contributed by atoms with van der Waals surface area (Å²) in [5.74, 6) is 0. The fraction of sp³-hybridized carbons (Fsp3) is 0.385. The van der Waals surface area contributed by atoms with Crippen molar-refractivity contribution in [1.29, 1.82) is 0 Å². The third-order valence-electron chi connectivity index (χ3n) is 2.90. The molecule has 0 amide bonds. The van der Waals surface area contributed by atoms with Crippen molar-refractivity contribution in [3.05, 3.63) is 40.4 Å². The Bertz CT molecular complexity index is 563. The number of halogens is 3. The van der Waals surface area contributed by atoms with Crippen LogP contribution in [0, 0.1) is 0 Å². The van der Waals surface area contributed by atoms with Crippen molar-refractivity contribution in [3.63, 3.8) is 0 Å². The second-order valence-electron chi connectivity index (χ2n) is 4.37. The van der Waals surface area contributed by atoms with Gasteiger partial charge in [0.1, 0.15) is 0 Å². The number of aromatic nitrogens is 2. The van der Waals surface area contributed by atoms with E-state index in [4.69, 9.17) is 0 Å². The molecule has 0 aliphatic carbocycles. The van der Waals surface area contributed by atoms with E-state index >= 15 is 0 Å². The maximum atomic E-state index is 12.4. The maximum Gasteiger partial charge on any atom is 0.445 e. The van der Waals surface area contributed by atoms with Crippen molar-refractivity contribution >= 4 is 16.5 Å². The Balaban J connectivity index is 2.07. The molecule has 0 saturated heterocycles. The number of hydrogen-bond donors (Lipinski definition) is 1. The summed E-state index contributed by atoms with van der Waals surface area (Å²) in [6.45, 7) is 3.94. The Kier molecular flexibility index (Phi) is 4.27. The first-order chi connectivity index (χ1) is 9.40. The highest BCUT2D eigenvalue weighted by Gasteiger charge is 2.35. The van der Waals surface area contributed by atoms with Gasteiger partial charge in [0.15, 0.2) is 0 Å². The van der Waals surface area contributed by atoms with Crippen LogP contribution in [-0.2, 0) is 12.6 Å². The van der Waals surface area contributed by atoms with Gasteiger partial charge in [-0.3, -0.25) is 0 Å². The van der Waals surface area contributed by atoms with Gasteiger partial charge in [-0.2, -0.15) is 13.2 Å². The molecule has 0 bridgehead atoms. The topological polar surface area (TPSA) is 37.8 Å². The summed E-state index contributed by atoms with van der Waals surface area (Å²) in [6, 6.07) is 7.81. The number of nitrogens with one attached hydrogen (secondary N) is 1. The van der Waals surface area contributed by atoms with E-state index in [1.165, 1.54) is 5.56 Å². The van der Waals surface area contributed by atoms with E-state index in [0.29, 0.717) is 11.3 Å². The third kappa shape index (κ3) is 3.47. The zero-order chi connectivity index (χ0) is 14.8. The third-order valence-corrected chi connectivity index (χ3v) is 3.79. The minimum Gasteiger partial charge on any atom is -0.354 e. The highest BCUT2D eigenvalue weighted by molar-refractivity contribution is 7.15. The molecule has 1 heterocycles. The van der Waals surface area contributed by atoms with Gasteiger partial charge in [-0.25, -0.2) is 0 Å². The van der Waals surface area contributed by atoms with E-state index in [0.717, 1.165) is 12.0 Å². The van der Waals surface area contributed by atoms with Gasteiger partial charge >= 0.3 is 6.18 Å². The van der Waals surface area contributed by atoms with Crippen molar-refractivity contribution in [2.45, 2.75) is 32.5 Å². The second kappa shape index (κ2) is 5.78. The molecule has 1 N–H and O–H groups in total. The number of anilines is 1. The van der Waals surface area contributed by atoms with Crippen LogP contribution in [0.2, 0.25) is 0 Å². The van der Waals surface area contributed by atoms with Crippen LogP contribution in [0.15, 0.2) is 24.3 Å². The Labute approximate surface area is 118 Å². The Morgan fingerprint density at radius 3 is 2.35 bits per heavy atom. The lowest BCUT2D eigenvalue weighted by molar-refractivity contribution is -0.138. The summed E-state index contributed by atoms with van der Waals surface area (Å²) in [4.78, 5) is 0. The number of nitrogens with zero attached hydrogens (tertiary/aromatic N) is 2. The van der Waals surface area contributed by atoms with E-state index in [1.807, 2.05) is 31.2 Å². The number of aryl methyl sites for hydroxylation is 1. The molecular weight excluding hydrogens is 287 g/mol. The zero-order valence-electron chi connectivity index (χ0n) is 11.0. The number of alkyl halides is 3. The fourth-order valence-corrected chi connectivity index (χ4v) is 2.40. The molecule has 20 heavy (non-hydrogen) atoms. The van der Waals surface area contributed by atoms with Crippen molar-refractivity contribution in [2.24, 2.45) is 0 Å². The monoisotopic (exact) mass is 301 g/mol. The summed E-state index contributed by atoms with van der Waals surface area (Å²) in [5, 5.41) is 8.83. The predicted molar refractivity (Wildman–Crippen MR) is 72.8 cm³/mol. The van der Waals surface area contributed by atoms with Crippen LogP contribution in [0.1, 0.15) is 36.0 Å². The summed E-state index contributed by atoms with van der Waals surface area (Å²) in [6.07, 6.45) is -3.49. The molecule has 1 atom stereocenters.